The molecular formula is C13H19FN5O3P. The predicted molar refractivity (Wildman–Crippen MR) is 83.1 cm³/mol. The fourth-order valence-corrected chi connectivity index (χ4v) is 2.97. The average Bonchev–Trinajstić information content (AvgIpc) is 3.01. The Balaban J connectivity index is 1.85. The zero-order valence-electron chi connectivity index (χ0n) is 13.1. The van der Waals surface area contributed by atoms with Gasteiger partial charge in [-0.25, -0.2) is 19.3 Å². The van der Waals surface area contributed by atoms with Crippen molar-refractivity contribution in [2.45, 2.75) is 25.6 Å². The standard InChI is InChI=1S/C13H19FN5O3P/c1-7-8(14)12(22-13(7)21-6-23(2,3)20)19-5-18-9-10(15)16-4-17-11(9)19/h4-5,7-8,12-13H,6H2,1-3H3,(H2,15,16,17)/t7-,8-,12+,13-/m0/s1. The van der Waals surface area contributed by atoms with E-state index < -0.39 is 31.7 Å². The Bertz CT molecular complexity index is 763. The number of halogens is 1. The molecule has 1 aliphatic rings. The first kappa shape index (κ1) is 16.3. The van der Waals surface area contributed by atoms with Gasteiger partial charge in [-0.15, -0.1) is 0 Å². The van der Waals surface area contributed by atoms with Crippen LogP contribution >= 0.6 is 7.14 Å². The van der Waals surface area contributed by atoms with Gasteiger partial charge in [-0.3, -0.25) is 4.57 Å². The second kappa shape index (κ2) is 5.81. The number of imidazole rings is 1. The fourth-order valence-electron chi connectivity index (χ4n) is 2.47. The smallest absolute Gasteiger partial charge is 0.171 e. The lowest BCUT2D eigenvalue weighted by molar-refractivity contribution is -0.151. The number of ether oxygens (including phenoxy) is 2. The summed E-state index contributed by atoms with van der Waals surface area (Å²) in [5, 5.41) is 0. The zero-order chi connectivity index (χ0) is 16.8. The molecule has 1 fully saturated rings. The van der Waals surface area contributed by atoms with Gasteiger partial charge in [0, 0.05) is 5.92 Å². The van der Waals surface area contributed by atoms with Gasteiger partial charge in [-0.05, 0) is 13.3 Å². The molecule has 23 heavy (non-hydrogen) atoms. The molecule has 0 radical (unpaired) electrons. The van der Waals surface area contributed by atoms with Crippen molar-refractivity contribution in [2.75, 3.05) is 25.4 Å². The lowest BCUT2D eigenvalue weighted by Crippen LogP contribution is -2.22. The van der Waals surface area contributed by atoms with E-state index in [9.17, 15) is 8.96 Å². The lowest BCUT2D eigenvalue weighted by Gasteiger charge is -2.17. The first-order valence-corrected chi connectivity index (χ1v) is 9.95. The highest BCUT2D eigenvalue weighted by Gasteiger charge is 2.45. The minimum Gasteiger partial charge on any atom is -0.382 e. The molecule has 0 aromatic carbocycles. The lowest BCUT2D eigenvalue weighted by atomic mass is 10.1. The second-order valence-corrected chi connectivity index (χ2v) is 9.56. The van der Waals surface area contributed by atoms with E-state index in [1.165, 1.54) is 17.2 Å². The molecule has 8 nitrogen and oxygen atoms in total. The van der Waals surface area contributed by atoms with E-state index in [1.807, 2.05) is 0 Å². The number of hydrogen-bond acceptors (Lipinski definition) is 7. The van der Waals surface area contributed by atoms with Gasteiger partial charge >= 0.3 is 0 Å². The van der Waals surface area contributed by atoms with Gasteiger partial charge < -0.3 is 19.8 Å². The van der Waals surface area contributed by atoms with E-state index in [4.69, 9.17) is 15.2 Å². The summed E-state index contributed by atoms with van der Waals surface area (Å²) in [6, 6.07) is 0. The largest absolute Gasteiger partial charge is 0.382 e. The summed E-state index contributed by atoms with van der Waals surface area (Å²) in [5.74, 6) is -0.288. The molecule has 0 spiro atoms. The van der Waals surface area contributed by atoms with Gasteiger partial charge in [0.25, 0.3) is 0 Å². The van der Waals surface area contributed by atoms with Crippen molar-refractivity contribution in [3.63, 3.8) is 0 Å². The van der Waals surface area contributed by atoms with Gasteiger partial charge in [-0.1, -0.05) is 6.92 Å². The maximum absolute atomic E-state index is 14.6. The molecule has 3 heterocycles. The van der Waals surface area contributed by atoms with Gasteiger partial charge in [0.1, 0.15) is 25.3 Å². The summed E-state index contributed by atoms with van der Waals surface area (Å²) in [6.45, 7) is 4.91. The van der Waals surface area contributed by atoms with Crippen LogP contribution in [-0.4, -0.2) is 51.7 Å². The highest BCUT2D eigenvalue weighted by molar-refractivity contribution is 7.62. The van der Waals surface area contributed by atoms with Crippen LogP contribution in [0.25, 0.3) is 11.2 Å². The number of fused-ring (bicyclic) bond motifs is 1. The van der Waals surface area contributed by atoms with E-state index in [0.29, 0.717) is 11.2 Å². The van der Waals surface area contributed by atoms with Gasteiger partial charge in [0.05, 0.1) is 6.33 Å². The minimum atomic E-state index is -2.37. The molecule has 10 heteroatoms. The number of aromatic nitrogens is 4. The molecule has 2 aromatic rings. The van der Waals surface area contributed by atoms with Crippen LogP contribution in [0, 0.1) is 5.92 Å². The van der Waals surface area contributed by atoms with Crippen molar-refractivity contribution in [3.05, 3.63) is 12.7 Å². The second-order valence-electron chi connectivity index (χ2n) is 6.15. The Morgan fingerprint density at radius 3 is 2.87 bits per heavy atom. The number of rotatable bonds is 4. The Morgan fingerprint density at radius 1 is 1.43 bits per heavy atom. The third-order valence-corrected chi connectivity index (χ3v) is 4.46. The maximum atomic E-state index is 14.6. The molecule has 0 saturated carbocycles. The van der Waals surface area contributed by atoms with E-state index in [0.717, 1.165) is 0 Å². The SMILES string of the molecule is C[C@@H]1[C@@H](OCP(C)(C)=O)O[C@@H](n2cnc3c(N)ncnc32)[C@H]1F. The molecule has 1 saturated heterocycles. The monoisotopic (exact) mass is 343 g/mol. The van der Waals surface area contributed by atoms with Crippen LogP contribution in [0.2, 0.25) is 0 Å². The minimum absolute atomic E-state index is 0.0429. The molecule has 1 aliphatic heterocycles. The van der Waals surface area contributed by atoms with E-state index in [2.05, 4.69) is 15.0 Å². The summed E-state index contributed by atoms with van der Waals surface area (Å²) < 4.78 is 39.1. The summed E-state index contributed by atoms with van der Waals surface area (Å²) in [4.78, 5) is 12.1. The van der Waals surface area contributed by atoms with Crippen molar-refractivity contribution >= 4 is 24.1 Å². The van der Waals surface area contributed by atoms with Crippen LogP contribution in [0.15, 0.2) is 12.7 Å². The van der Waals surface area contributed by atoms with Gasteiger partial charge in [0.15, 0.2) is 30.2 Å². The highest BCUT2D eigenvalue weighted by Crippen LogP contribution is 2.41. The highest BCUT2D eigenvalue weighted by atomic mass is 31.2. The third kappa shape index (κ3) is 3.08. The average molecular weight is 343 g/mol. The Hall–Kier alpha value is -1.57. The Labute approximate surface area is 132 Å². The molecule has 0 amide bonds. The molecule has 0 unspecified atom stereocenters. The van der Waals surface area contributed by atoms with Crippen molar-refractivity contribution in [2.24, 2.45) is 5.92 Å². The van der Waals surface area contributed by atoms with Crippen molar-refractivity contribution < 1.29 is 18.4 Å². The number of nitrogen functional groups attached to an aromatic ring is 1. The number of nitrogens with two attached hydrogens (primary N) is 1. The number of alkyl halides is 1. The molecule has 0 bridgehead atoms. The number of anilines is 1. The van der Waals surface area contributed by atoms with E-state index in [-0.39, 0.29) is 12.2 Å². The zero-order valence-corrected chi connectivity index (χ0v) is 14.0. The van der Waals surface area contributed by atoms with Crippen LogP contribution < -0.4 is 5.73 Å². The third-order valence-electron chi connectivity index (χ3n) is 3.69. The Kier molecular flexibility index (Phi) is 4.12. The topological polar surface area (TPSA) is 105 Å². The van der Waals surface area contributed by atoms with E-state index in [1.54, 1.807) is 20.3 Å². The molecule has 2 N–H and O–H groups in total. The van der Waals surface area contributed by atoms with Crippen LogP contribution in [0.1, 0.15) is 13.2 Å². The normalized spacial score (nSPS) is 28.5. The van der Waals surface area contributed by atoms with E-state index >= 15 is 0 Å². The number of nitrogens with zero attached hydrogens (tertiary/aromatic N) is 4. The van der Waals surface area contributed by atoms with Crippen LogP contribution in [-0.2, 0) is 14.0 Å². The molecule has 0 aliphatic carbocycles. The molecular weight excluding hydrogens is 324 g/mol. The Morgan fingerprint density at radius 2 is 2.17 bits per heavy atom. The summed E-state index contributed by atoms with van der Waals surface area (Å²) in [6.07, 6.45) is -0.266. The molecule has 4 atom stereocenters. The fraction of sp³-hybridized carbons (Fsp3) is 0.615. The van der Waals surface area contributed by atoms with Gasteiger partial charge in [-0.2, -0.15) is 0 Å². The summed E-state index contributed by atoms with van der Waals surface area (Å²) in [7, 11) is -2.37. The molecule has 126 valence electrons. The quantitative estimate of drug-likeness (QED) is 0.844. The number of hydrogen-bond donors (Lipinski definition) is 1. The predicted octanol–water partition coefficient (Wildman–Crippen LogP) is 1.83. The first-order chi connectivity index (χ1) is 10.8. The first-order valence-electron chi connectivity index (χ1n) is 7.16. The molecule has 3 rings (SSSR count). The van der Waals surface area contributed by atoms with Crippen molar-refractivity contribution in [1.29, 1.82) is 0 Å². The summed E-state index contributed by atoms with van der Waals surface area (Å²) >= 11 is 0. The van der Waals surface area contributed by atoms with Crippen LogP contribution in [0.4, 0.5) is 10.2 Å². The maximum Gasteiger partial charge on any atom is 0.171 e. The van der Waals surface area contributed by atoms with Gasteiger partial charge in [0.2, 0.25) is 0 Å². The van der Waals surface area contributed by atoms with Crippen LogP contribution in [0.3, 0.4) is 0 Å². The van der Waals surface area contributed by atoms with Crippen molar-refractivity contribution in [1.82, 2.24) is 19.5 Å². The summed E-state index contributed by atoms with van der Waals surface area (Å²) in [5.41, 5.74) is 6.53. The van der Waals surface area contributed by atoms with Crippen LogP contribution in [0.5, 0.6) is 0 Å². The van der Waals surface area contributed by atoms with Crippen molar-refractivity contribution in [3.8, 4) is 0 Å². The molecule has 2 aromatic heterocycles.